The van der Waals surface area contributed by atoms with Crippen LogP contribution in [-0.2, 0) is 24.3 Å². The number of hydrogen-bond donors (Lipinski definition) is 2. The molecule has 2 N–H and O–H groups in total. The van der Waals surface area contributed by atoms with Crippen molar-refractivity contribution in [1.29, 1.82) is 0 Å². The molecule has 1 atom stereocenters. The molecule has 0 bridgehead atoms. The molecule has 1 heterocycles. The van der Waals surface area contributed by atoms with Gasteiger partial charge in [-0.3, -0.25) is 9.59 Å². The molecule has 2 fully saturated rings. The number of nitrogens with one attached hydrogen (secondary N) is 2. The van der Waals surface area contributed by atoms with Crippen LogP contribution in [0.2, 0.25) is 0 Å². The third-order valence-electron chi connectivity index (χ3n) is 4.91. The minimum Gasteiger partial charge on any atom is -0.360 e. The van der Waals surface area contributed by atoms with E-state index in [1.165, 1.54) is 12.1 Å². The fourth-order valence-corrected chi connectivity index (χ4v) is 4.99. The number of carbonyl (C=O) groups excluding carboxylic acids is 2. The van der Waals surface area contributed by atoms with Crippen LogP contribution >= 0.6 is 0 Å². The Bertz CT molecular complexity index is 809. The maximum atomic E-state index is 13.1. The Kier molecular flexibility index (Phi) is 6.63. The number of carbonyl (C=O) groups is 2. The van der Waals surface area contributed by atoms with E-state index in [-0.39, 0.29) is 24.0 Å². The van der Waals surface area contributed by atoms with E-state index < -0.39 is 33.9 Å². The second kappa shape index (κ2) is 8.97. The fraction of sp³-hybridized carbons (Fsp3) is 0.556. The molecule has 1 saturated heterocycles. The zero-order chi connectivity index (χ0) is 20.1. The van der Waals surface area contributed by atoms with Crippen LogP contribution in [0.3, 0.4) is 0 Å². The molecule has 10 heteroatoms. The van der Waals surface area contributed by atoms with Crippen LogP contribution in [0, 0.1) is 5.82 Å². The highest BCUT2D eigenvalue weighted by Gasteiger charge is 2.35. The summed E-state index contributed by atoms with van der Waals surface area (Å²) in [5.41, 5.74) is 0. The van der Waals surface area contributed by atoms with Gasteiger partial charge in [-0.15, -0.1) is 0 Å². The van der Waals surface area contributed by atoms with E-state index in [0.717, 1.165) is 42.1 Å². The van der Waals surface area contributed by atoms with Gasteiger partial charge < -0.3 is 15.4 Å². The molecule has 1 aromatic carbocycles. The van der Waals surface area contributed by atoms with Gasteiger partial charge in [0.05, 0.1) is 18.0 Å². The van der Waals surface area contributed by atoms with Crippen molar-refractivity contribution < 1.29 is 27.1 Å². The van der Waals surface area contributed by atoms with Gasteiger partial charge in [-0.2, -0.15) is 4.31 Å². The predicted molar refractivity (Wildman–Crippen MR) is 98.1 cm³/mol. The minimum atomic E-state index is -3.92. The first-order chi connectivity index (χ1) is 13.4. The highest BCUT2D eigenvalue weighted by atomic mass is 32.2. The molecule has 2 aliphatic rings. The molecule has 0 spiro atoms. The average Bonchev–Trinajstić information content (AvgIpc) is 3.19. The lowest BCUT2D eigenvalue weighted by Crippen LogP contribution is -2.53. The molecule has 0 radical (unpaired) electrons. The van der Waals surface area contributed by atoms with Crippen molar-refractivity contribution >= 4 is 21.8 Å². The maximum Gasteiger partial charge on any atom is 0.309 e. The number of nitrogens with zero attached hydrogens (tertiary/aromatic N) is 1. The summed E-state index contributed by atoms with van der Waals surface area (Å²) in [7, 11) is -3.92. The van der Waals surface area contributed by atoms with E-state index >= 15 is 0 Å². The predicted octanol–water partition coefficient (Wildman–Crippen LogP) is 0.738. The van der Waals surface area contributed by atoms with Crippen molar-refractivity contribution in [2.75, 3.05) is 19.7 Å². The Hall–Kier alpha value is -2.04. The Labute approximate surface area is 163 Å². The van der Waals surface area contributed by atoms with Gasteiger partial charge in [0, 0.05) is 12.6 Å². The lowest BCUT2D eigenvalue weighted by molar-refractivity contribution is -0.140. The van der Waals surface area contributed by atoms with Gasteiger partial charge in [0.2, 0.25) is 10.0 Å². The third kappa shape index (κ3) is 4.86. The van der Waals surface area contributed by atoms with Crippen LogP contribution in [0.5, 0.6) is 0 Å². The van der Waals surface area contributed by atoms with Gasteiger partial charge in [-0.05, 0) is 43.5 Å². The largest absolute Gasteiger partial charge is 0.360 e. The molecule has 0 aromatic heterocycles. The molecule has 1 saturated carbocycles. The summed E-state index contributed by atoms with van der Waals surface area (Å²) in [4.78, 5) is 24.0. The highest BCUT2D eigenvalue weighted by molar-refractivity contribution is 7.89. The van der Waals surface area contributed by atoms with Crippen molar-refractivity contribution in [2.24, 2.45) is 0 Å². The summed E-state index contributed by atoms with van der Waals surface area (Å²) in [6.45, 7) is 0.385. The zero-order valence-corrected chi connectivity index (χ0v) is 16.2. The maximum absolute atomic E-state index is 13.1. The monoisotopic (exact) mass is 413 g/mol. The Balaban J connectivity index is 1.62. The van der Waals surface area contributed by atoms with Crippen LogP contribution in [0.15, 0.2) is 29.2 Å². The molecule has 154 valence electrons. The van der Waals surface area contributed by atoms with Crippen molar-refractivity contribution in [2.45, 2.75) is 49.3 Å². The molecular weight excluding hydrogens is 389 g/mol. The fourth-order valence-electron chi connectivity index (χ4n) is 3.43. The molecule has 1 aliphatic heterocycles. The molecule has 3 rings (SSSR count). The van der Waals surface area contributed by atoms with Crippen LogP contribution in [0.1, 0.15) is 32.1 Å². The number of halogens is 1. The Morgan fingerprint density at radius 2 is 1.79 bits per heavy atom. The molecule has 1 aromatic rings. The molecule has 28 heavy (non-hydrogen) atoms. The summed E-state index contributed by atoms with van der Waals surface area (Å²) in [5.74, 6) is -2.08. The smallest absolute Gasteiger partial charge is 0.309 e. The first kappa shape index (κ1) is 20.7. The normalized spacial score (nSPS) is 21.4. The van der Waals surface area contributed by atoms with E-state index in [1.807, 2.05) is 0 Å². The minimum absolute atomic E-state index is 0.0135. The summed E-state index contributed by atoms with van der Waals surface area (Å²) in [6.07, 6.45) is 3.32. The second-order valence-corrected chi connectivity index (χ2v) is 8.80. The van der Waals surface area contributed by atoms with E-state index in [4.69, 9.17) is 4.74 Å². The van der Waals surface area contributed by atoms with Crippen molar-refractivity contribution in [3.8, 4) is 0 Å². The zero-order valence-electron chi connectivity index (χ0n) is 15.4. The number of benzene rings is 1. The average molecular weight is 413 g/mol. The molecule has 1 aliphatic carbocycles. The topological polar surface area (TPSA) is 105 Å². The Morgan fingerprint density at radius 1 is 1.11 bits per heavy atom. The third-order valence-corrected chi connectivity index (χ3v) is 6.81. The van der Waals surface area contributed by atoms with Crippen LogP contribution < -0.4 is 10.6 Å². The van der Waals surface area contributed by atoms with E-state index in [9.17, 15) is 22.4 Å². The van der Waals surface area contributed by atoms with Gasteiger partial charge in [-0.25, -0.2) is 12.8 Å². The van der Waals surface area contributed by atoms with E-state index in [1.54, 1.807) is 0 Å². The van der Waals surface area contributed by atoms with Crippen molar-refractivity contribution in [3.63, 3.8) is 0 Å². The molecular formula is C18H24FN3O5S. The SMILES string of the molecule is O=C(NC[C@@H]1OCCCN1S(=O)(=O)c1ccc(F)cc1)C(=O)NC1CCCC1. The lowest BCUT2D eigenvalue weighted by atomic mass is 10.2. The second-order valence-electron chi connectivity index (χ2n) is 6.91. The van der Waals surface area contributed by atoms with Gasteiger partial charge in [0.25, 0.3) is 0 Å². The molecule has 0 unspecified atom stereocenters. The Morgan fingerprint density at radius 3 is 2.46 bits per heavy atom. The highest BCUT2D eigenvalue weighted by Crippen LogP contribution is 2.22. The number of sulfonamides is 1. The standard InChI is InChI=1S/C18H24FN3O5S/c19-13-6-8-15(9-7-13)28(25,26)22-10-3-11-27-16(22)12-20-17(23)18(24)21-14-4-1-2-5-14/h6-9,14,16H,1-5,10-12H2,(H,20,23)(H,21,24)/t16-/m0/s1. The van der Waals surface area contributed by atoms with Gasteiger partial charge in [0.15, 0.2) is 0 Å². The summed E-state index contributed by atoms with van der Waals surface area (Å²) in [6, 6.07) is 4.52. The van der Waals surface area contributed by atoms with Crippen molar-refractivity contribution in [3.05, 3.63) is 30.1 Å². The molecule has 2 amide bonds. The lowest BCUT2D eigenvalue weighted by Gasteiger charge is -2.34. The van der Waals surface area contributed by atoms with Crippen LogP contribution in [-0.4, -0.2) is 56.5 Å². The van der Waals surface area contributed by atoms with Crippen molar-refractivity contribution in [1.82, 2.24) is 14.9 Å². The van der Waals surface area contributed by atoms with Gasteiger partial charge in [0.1, 0.15) is 12.0 Å². The van der Waals surface area contributed by atoms with Gasteiger partial charge in [-0.1, -0.05) is 12.8 Å². The number of hydrogen-bond acceptors (Lipinski definition) is 5. The van der Waals surface area contributed by atoms with Gasteiger partial charge >= 0.3 is 11.8 Å². The summed E-state index contributed by atoms with van der Waals surface area (Å²) < 4.78 is 45.4. The number of rotatable bonds is 5. The van der Waals surface area contributed by atoms with E-state index in [0.29, 0.717) is 13.0 Å². The number of ether oxygens (including phenoxy) is 1. The number of amides is 2. The first-order valence-corrected chi connectivity index (χ1v) is 10.8. The van der Waals surface area contributed by atoms with Crippen LogP contribution in [0.25, 0.3) is 0 Å². The van der Waals surface area contributed by atoms with E-state index in [2.05, 4.69) is 10.6 Å². The first-order valence-electron chi connectivity index (χ1n) is 9.35. The van der Waals surface area contributed by atoms with Crippen LogP contribution in [0.4, 0.5) is 4.39 Å². The quantitative estimate of drug-likeness (QED) is 0.693. The molecule has 8 nitrogen and oxygen atoms in total. The summed E-state index contributed by atoms with van der Waals surface area (Å²) in [5, 5.41) is 5.13. The summed E-state index contributed by atoms with van der Waals surface area (Å²) >= 11 is 0.